The molecule has 1 aromatic carbocycles. The normalized spacial score (nSPS) is 10.5. The van der Waals surface area contributed by atoms with Gasteiger partial charge >= 0.3 is 0 Å². The number of likely N-dealkylation sites (N-methyl/N-ethyl adjacent to an activating group) is 1. The lowest BCUT2D eigenvalue weighted by atomic mass is 10.2. The Morgan fingerprint density at radius 3 is 2.75 bits per heavy atom. The maximum atomic E-state index is 5.93. The molecule has 3 nitrogen and oxygen atoms in total. The van der Waals surface area contributed by atoms with Gasteiger partial charge in [-0.05, 0) is 32.3 Å². The molecular weight excluding hydrogens is 242 g/mol. The van der Waals surface area contributed by atoms with Gasteiger partial charge in [0.15, 0.2) is 0 Å². The second-order valence-corrected chi connectivity index (χ2v) is 4.66. The molecule has 0 saturated carbocycles. The van der Waals surface area contributed by atoms with Crippen molar-refractivity contribution in [2.45, 2.75) is 0 Å². The van der Waals surface area contributed by atoms with Crippen molar-refractivity contribution in [3.8, 4) is 0 Å². The van der Waals surface area contributed by atoms with Crippen LogP contribution >= 0.6 is 23.8 Å². The Hall–Kier alpha value is -0.840. The highest BCUT2D eigenvalue weighted by molar-refractivity contribution is 7.80. The molecule has 88 valence electrons. The average Bonchev–Trinajstić information content (AvgIpc) is 2.16. The second kappa shape index (κ2) is 6.03. The third kappa shape index (κ3) is 3.96. The molecule has 0 spiro atoms. The minimum atomic E-state index is 0.379. The van der Waals surface area contributed by atoms with Crippen LogP contribution in [0.5, 0.6) is 0 Å². The molecule has 0 aliphatic heterocycles. The van der Waals surface area contributed by atoms with Gasteiger partial charge in [0.05, 0.1) is 0 Å². The zero-order valence-electron chi connectivity index (χ0n) is 9.46. The fraction of sp³-hybridized carbons (Fsp3) is 0.364. The number of hydrogen-bond donors (Lipinski definition) is 2. The van der Waals surface area contributed by atoms with E-state index in [0.717, 1.165) is 24.3 Å². The zero-order chi connectivity index (χ0) is 12.1. The lowest BCUT2D eigenvalue weighted by molar-refractivity contribution is 0.425. The van der Waals surface area contributed by atoms with E-state index in [4.69, 9.17) is 29.6 Å². The molecule has 5 heteroatoms. The molecule has 0 atom stereocenters. The average molecular weight is 258 g/mol. The molecule has 0 heterocycles. The molecule has 0 aliphatic carbocycles. The Kier molecular flexibility index (Phi) is 4.99. The molecule has 16 heavy (non-hydrogen) atoms. The highest BCUT2D eigenvalue weighted by atomic mass is 35.5. The second-order valence-electron chi connectivity index (χ2n) is 3.78. The van der Waals surface area contributed by atoms with E-state index in [0.29, 0.717) is 10.0 Å². The Morgan fingerprint density at radius 2 is 2.19 bits per heavy atom. The number of nitrogens with one attached hydrogen (secondary N) is 1. The van der Waals surface area contributed by atoms with Gasteiger partial charge in [0.1, 0.15) is 4.99 Å². The van der Waals surface area contributed by atoms with E-state index >= 15 is 0 Å². The number of nitrogens with zero attached hydrogens (tertiary/aromatic N) is 1. The van der Waals surface area contributed by atoms with E-state index in [9.17, 15) is 0 Å². The third-order valence-corrected chi connectivity index (χ3v) is 2.58. The molecule has 0 aromatic heterocycles. The largest absolute Gasteiger partial charge is 0.389 e. The first-order valence-electron chi connectivity index (χ1n) is 4.98. The summed E-state index contributed by atoms with van der Waals surface area (Å²) in [7, 11) is 4.04. The molecule has 0 radical (unpaired) electrons. The van der Waals surface area contributed by atoms with Crippen molar-refractivity contribution < 1.29 is 0 Å². The summed E-state index contributed by atoms with van der Waals surface area (Å²) in [4.78, 5) is 2.47. The van der Waals surface area contributed by atoms with Gasteiger partial charge < -0.3 is 16.0 Å². The van der Waals surface area contributed by atoms with Crippen LogP contribution in [0.4, 0.5) is 5.69 Å². The number of nitrogens with two attached hydrogens (primary N) is 1. The quantitative estimate of drug-likeness (QED) is 0.792. The van der Waals surface area contributed by atoms with Crippen LogP contribution in [0.3, 0.4) is 0 Å². The number of rotatable bonds is 5. The Bertz CT molecular complexity index is 379. The van der Waals surface area contributed by atoms with Crippen LogP contribution in [0.25, 0.3) is 0 Å². The van der Waals surface area contributed by atoms with E-state index in [1.165, 1.54) is 0 Å². The minimum absolute atomic E-state index is 0.379. The molecule has 0 unspecified atom stereocenters. The van der Waals surface area contributed by atoms with Gasteiger partial charge in [-0.3, -0.25) is 0 Å². The smallest absolute Gasteiger partial charge is 0.106 e. The summed E-state index contributed by atoms with van der Waals surface area (Å²) < 4.78 is 0. The van der Waals surface area contributed by atoms with Crippen molar-refractivity contribution in [1.82, 2.24) is 4.90 Å². The predicted molar refractivity (Wildman–Crippen MR) is 74.4 cm³/mol. The SMILES string of the molecule is CN(C)CCNc1cc(Cl)ccc1C(N)=S. The predicted octanol–water partition coefficient (Wildman–Crippen LogP) is 1.95. The van der Waals surface area contributed by atoms with Gasteiger partial charge in [-0.25, -0.2) is 0 Å². The summed E-state index contributed by atoms with van der Waals surface area (Å²) in [6.45, 7) is 1.76. The van der Waals surface area contributed by atoms with E-state index in [-0.39, 0.29) is 0 Å². The van der Waals surface area contributed by atoms with Gasteiger partial charge in [0, 0.05) is 29.4 Å². The number of halogens is 1. The summed E-state index contributed by atoms with van der Waals surface area (Å²) in [5.41, 5.74) is 7.36. The molecule has 1 aromatic rings. The first kappa shape index (κ1) is 13.2. The van der Waals surface area contributed by atoms with E-state index in [2.05, 4.69) is 10.2 Å². The lowest BCUT2D eigenvalue weighted by Crippen LogP contribution is -2.22. The highest BCUT2D eigenvalue weighted by Gasteiger charge is 2.05. The number of thiocarbonyl (C=S) groups is 1. The van der Waals surface area contributed by atoms with Gasteiger partial charge in [0.2, 0.25) is 0 Å². The van der Waals surface area contributed by atoms with E-state index < -0.39 is 0 Å². The molecule has 0 bridgehead atoms. The van der Waals surface area contributed by atoms with Crippen molar-refractivity contribution in [2.75, 3.05) is 32.5 Å². The standard InChI is InChI=1S/C11H16ClN3S/c1-15(2)6-5-14-10-7-8(12)3-4-9(10)11(13)16/h3-4,7,14H,5-6H2,1-2H3,(H2,13,16). The summed E-state index contributed by atoms with van der Waals surface area (Å²) in [6, 6.07) is 5.46. The first-order chi connectivity index (χ1) is 7.50. The first-order valence-corrected chi connectivity index (χ1v) is 5.77. The van der Waals surface area contributed by atoms with Gasteiger partial charge in [-0.1, -0.05) is 23.8 Å². The summed E-state index contributed by atoms with van der Waals surface area (Å²) >= 11 is 10.9. The number of hydrogen-bond acceptors (Lipinski definition) is 3. The highest BCUT2D eigenvalue weighted by Crippen LogP contribution is 2.20. The Balaban J connectivity index is 2.76. The monoisotopic (exact) mass is 257 g/mol. The van der Waals surface area contributed by atoms with Gasteiger partial charge in [-0.15, -0.1) is 0 Å². The zero-order valence-corrected chi connectivity index (χ0v) is 11.0. The molecule has 0 fully saturated rings. The van der Waals surface area contributed by atoms with Gasteiger partial charge in [-0.2, -0.15) is 0 Å². The van der Waals surface area contributed by atoms with Crippen LogP contribution in [-0.2, 0) is 0 Å². The number of benzene rings is 1. The summed E-state index contributed by atoms with van der Waals surface area (Å²) in [5.74, 6) is 0. The summed E-state index contributed by atoms with van der Waals surface area (Å²) in [5, 5.41) is 3.95. The molecule has 0 saturated heterocycles. The topological polar surface area (TPSA) is 41.3 Å². The van der Waals surface area contributed by atoms with Crippen LogP contribution in [-0.4, -0.2) is 37.1 Å². The maximum Gasteiger partial charge on any atom is 0.106 e. The van der Waals surface area contributed by atoms with Gasteiger partial charge in [0.25, 0.3) is 0 Å². The van der Waals surface area contributed by atoms with Crippen molar-refractivity contribution in [3.63, 3.8) is 0 Å². The van der Waals surface area contributed by atoms with Crippen molar-refractivity contribution >= 4 is 34.5 Å². The van der Waals surface area contributed by atoms with Crippen LogP contribution in [0, 0.1) is 0 Å². The van der Waals surface area contributed by atoms with Crippen LogP contribution < -0.4 is 11.1 Å². The van der Waals surface area contributed by atoms with Crippen molar-refractivity contribution in [1.29, 1.82) is 0 Å². The van der Waals surface area contributed by atoms with Crippen LogP contribution in [0.2, 0.25) is 5.02 Å². The molecule has 0 amide bonds. The van der Waals surface area contributed by atoms with Crippen LogP contribution in [0.15, 0.2) is 18.2 Å². The summed E-state index contributed by atoms with van der Waals surface area (Å²) in [6.07, 6.45) is 0. The molecule has 3 N–H and O–H groups in total. The van der Waals surface area contributed by atoms with Crippen molar-refractivity contribution in [2.24, 2.45) is 5.73 Å². The Labute approximate surface area is 107 Å². The molecular formula is C11H16ClN3S. The van der Waals surface area contributed by atoms with E-state index in [1.807, 2.05) is 26.2 Å². The van der Waals surface area contributed by atoms with Crippen LogP contribution in [0.1, 0.15) is 5.56 Å². The maximum absolute atomic E-state index is 5.93. The van der Waals surface area contributed by atoms with E-state index in [1.54, 1.807) is 6.07 Å². The lowest BCUT2D eigenvalue weighted by Gasteiger charge is -2.14. The molecule has 1 rings (SSSR count). The number of anilines is 1. The fourth-order valence-electron chi connectivity index (χ4n) is 1.29. The fourth-order valence-corrected chi connectivity index (χ4v) is 1.64. The molecule has 0 aliphatic rings. The minimum Gasteiger partial charge on any atom is -0.389 e. The third-order valence-electron chi connectivity index (χ3n) is 2.12. The van der Waals surface area contributed by atoms with Crippen molar-refractivity contribution in [3.05, 3.63) is 28.8 Å². The Morgan fingerprint density at radius 1 is 1.50 bits per heavy atom.